The van der Waals surface area contributed by atoms with E-state index in [0.29, 0.717) is 13.0 Å². The van der Waals surface area contributed by atoms with Gasteiger partial charge in [0.05, 0.1) is 0 Å². The molecule has 0 spiro atoms. The second-order valence-corrected chi connectivity index (χ2v) is 3.90. The number of rotatable bonds is 5. The first-order valence-corrected chi connectivity index (χ1v) is 5.26. The molecule has 1 aromatic carbocycles. The fraction of sp³-hybridized carbons (Fsp3) is 0.455. The molecule has 15 heavy (non-hydrogen) atoms. The van der Waals surface area contributed by atoms with E-state index in [2.05, 4.69) is 0 Å². The minimum Gasteiger partial charge on any atom is -0.492 e. The lowest BCUT2D eigenvalue weighted by Crippen LogP contribution is -2.28. The van der Waals surface area contributed by atoms with Crippen molar-refractivity contribution < 1.29 is 9.84 Å². The molecule has 0 aliphatic heterocycles. The molecule has 3 N–H and O–H groups in total. The summed E-state index contributed by atoms with van der Waals surface area (Å²) in [7, 11) is 0. The first kappa shape index (κ1) is 12.3. The van der Waals surface area contributed by atoms with Gasteiger partial charge in [0.1, 0.15) is 12.4 Å². The Morgan fingerprint density at radius 2 is 2.27 bits per heavy atom. The van der Waals surface area contributed by atoms with Gasteiger partial charge in [-0.05, 0) is 37.1 Å². The first-order chi connectivity index (χ1) is 7.13. The molecule has 1 rings (SSSR count). The summed E-state index contributed by atoms with van der Waals surface area (Å²) in [6.07, 6.45) is 0.548. The van der Waals surface area contributed by atoms with Crippen LogP contribution >= 0.6 is 11.6 Å². The van der Waals surface area contributed by atoms with E-state index >= 15 is 0 Å². The molecule has 0 aromatic heterocycles. The zero-order chi connectivity index (χ0) is 11.3. The summed E-state index contributed by atoms with van der Waals surface area (Å²) in [5.41, 5.74) is 6.67. The third-order valence-electron chi connectivity index (χ3n) is 2.09. The van der Waals surface area contributed by atoms with Gasteiger partial charge in [0.25, 0.3) is 0 Å². The summed E-state index contributed by atoms with van der Waals surface area (Å²) >= 11 is 5.88. The van der Waals surface area contributed by atoms with Crippen molar-refractivity contribution in [1.29, 1.82) is 0 Å². The van der Waals surface area contributed by atoms with E-state index in [-0.39, 0.29) is 12.6 Å². The third kappa shape index (κ3) is 4.08. The Labute approximate surface area is 94.8 Å². The number of hydrogen-bond acceptors (Lipinski definition) is 3. The number of nitrogens with two attached hydrogens (primary N) is 1. The topological polar surface area (TPSA) is 55.5 Å². The molecular weight excluding hydrogens is 214 g/mol. The first-order valence-electron chi connectivity index (χ1n) is 4.89. The molecule has 0 saturated heterocycles. The van der Waals surface area contributed by atoms with Crippen LogP contribution in [0.2, 0.25) is 5.02 Å². The Hall–Kier alpha value is -0.770. The van der Waals surface area contributed by atoms with Crippen LogP contribution in [0.25, 0.3) is 0 Å². The fourth-order valence-electron chi connectivity index (χ4n) is 1.16. The summed E-state index contributed by atoms with van der Waals surface area (Å²) in [6, 6.07) is 5.34. The Bertz CT molecular complexity index is 317. The van der Waals surface area contributed by atoms with Crippen molar-refractivity contribution in [3.8, 4) is 5.75 Å². The number of aliphatic hydroxyl groups excluding tert-OH is 1. The Kier molecular flexibility index (Phi) is 4.88. The van der Waals surface area contributed by atoms with Gasteiger partial charge in [-0.1, -0.05) is 11.6 Å². The van der Waals surface area contributed by atoms with Gasteiger partial charge in [0, 0.05) is 17.7 Å². The van der Waals surface area contributed by atoms with Crippen LogP contribution in [-0.2, 0) is 0 Å². The highest BCUT2D eigenvalue weighted by Crippen LogP contribution is 2.21. The Balaban J connectivity index is 2.47. The summed E-state index contributed by atoms with van der Waals surface area (Å²) in [5.74, 6) is 0.755. The minimum atomic E-state index is -0.133. The SMILES string of the molecule is Cc1cc(OCC(N)CCO)ccc1Cl. The molecule has 0 heterocycles. The van der Waals surface area contributed by atoms with Gasteiger partial charge in [-0.25, -0.2) is 0 Å². The zero-order valence-corrected chi connectivity index (χ0v) is 9.50. The van der Waals surface area contributed by atoms with Crippen molar-refractivity contribution >= 4 is 11.6 Å². The van der Waals surface area contributed by atoms with Crippen LogP contribution in [0.1, 0.15) is 12.0 Å². The van der Waals surface area contributed by atoms with Crippen LogP contribution in [0.4, 0.5) is 0 Å². The molecule has 1 aromatic rings. The molecule has 0 aliphatic carbocycles. The van der Waals surface area contributed by atoms with E-state index in [1.165, 1.54) is 0 Å². The van der Waals surface area contributed by atoms with Crippen molar-refractivity contribution in [3.05, 3.63) is 28.8 Å². The number of aryl methyl sites for hydroxylation is 1. The van der Waals surface area contributed by atoms with Crippen LogP contribution in [0, 0.1) is 6.92 Å². The molecule has 0 radical (unpaired) electrons. The van der Waals surface area contributed by atoms with Crippen molar-refractivity contribution in [2.75, 3.05) is 13.2 Å². The molecule has 1 atom stereocenters. The van der Waals surface area contributed by atoms with Gasteiger partial charge in [-0.3, -0.25) is 0 Å². The molecule has 84 valence electrons. The molecule has 1 unspecified atom stereocenters. The van der Waals surface area contributed by atoms with E-state index in [4.69, 9.17) is 27.2 Å². The fourth-order valence-corrected chi connectivity index (χ4v) is 1.28. The highest BCUT2D eigenvalue weighted by molar-refractivity contribution is 6.31. The summed E-state index contributed by atoms with van der Waals surface area (Å²) in [5, 5.41) is 9.39. The predicted molar refractivity (Wildman–Crippen MR) is 61.4 cm³/mol. The van der Waals surface area contributed by atoms with Crippen molar-refractivity contribution in [1.82, 2.24) is 0 Å². The largest absolute Gasteiger partial charge is 0.492 e. The van der Waals surface area contributed by atoms with Gasteiger partial charge in [-0.2, -0.15) is 0 Å². The molecule has 0 saturated carbocycles. The normalized spacial score (nSPS) is 12.5. The van der Waals surface area contributed by atoms with E-state index in [0.717, 1.165) is 16.3 Å². The average Bonchev–Trinajstić information content (AvgIpc) is 2.20. The van der Waals surface area contributed by atoms with E-state index in [1.807, 2.05) is 13.0 Å². The third-order valence-corrected chi connectivity index (χ3v) is 2.52. The molecule has 0 fully saturated rings. The smallest absolute Gasteiger partial charge is 0.119 e. The van der Waals surface area contributed by atoms with Crippen LogP contribution in [0.15, 0.2) is 18.2 Å². The maximum atomic E-state index is 8.66. The van der Waals surface area contributed by atoms with Crippen LogP contribution < -0.4 is 10.5 Å². The maximum absolute atomic E-state index is 8.66. The van der Waals surface area contributed by atoms with Gasteiger partial charge in [-0.15, -0.1) is 0 Å². The van der Waals surface area contributed by atoms with Gasteiger partial charge >= 0.3 is 0 Å². The molecule has 0 aliphatic rings. The standard InChI is InChI=1S/C11H16ClNO2/c1-8-6-10(2-3-11(8)12)15-7-9(13)4-5-14/h2-3,6,9,14H,4-5,7,13H2,1H3. The lowest BCUT2D eigenvalue weighted by Gasteiger charge is -2.12. The number of ether oxygens (including phenoxy) is 1. The number of hydrogen-bond donors (Lipinski definition) is 2. The highest BCUT2D eigenvalue weighted by atomic mass is 35.5. The van der Waals surface area contributed by atoms with Gasteiger partial charge < -0.3 is 15.6 Å². The van der Waals surface area contributed by atoms with Gasteiger partial charge in [0.2, 0.25) is 0 Å². The Morgan fingerprint density at radius 3 is 2.87 bits per heavy atom. The minimum absolute atomic E-state index is 0.0875. The summed E-state index contributed by atoms with van der Waals surface area (Å²) in [6.45, 7) is 2.41. The van der Waals surface area contributed by atoms with Crippen LogP contribution in [0.3, 0.4) is 0 Å². The molecule has 0 bridgehead atoms. The van der Waals surface area contributed by atoms with E-state index < -0.39 is 0 Å². The predicted octanol–water partition coefficient (Wildman–Crippen LogP) is 1.74. The molecular formula is C11H16ClNO2. The quantitative estimate of drug-likeness (QED) is 0.809. The Morgan fingerprint density at radius 1 is 1.53 bits per heavy atom. The maximum Gasteiger partial charge on any atom is 0.119 e. The highest BCUT2D eigenvalue weighted by Gasteiger charge is 2.03. The van der Waals surface area contributed by atoms with Gasteiger partial charge in [0.15, 0.2) is 0 Å². The number of halogens is 1. The number of benzene rings is 1. The van der Waals surface area contributed by atoms with Crippen LogP contribution in [0.5, 0.6) is 5.75 Å². The van der Waals surface area contributed by atoms with Crippen LogP contribution in [-0.4, -0.2) is 24.4 Å². The molecule has 4 heteroatoms. The van der Waals surface area contributed by atoms with Crippen molar-refractivity contribution in [2.24, 2.45) is 5.73 Å². The second-order valence-electron chi connectivity index (χ2n) is 3.49. The molecule has 3 nitrogen and oxygen atoms in total. The monoisotopic (exact) mass is 229 g/mol. The lowest BCUT2D eigenvalue weighted by atomic mass is 10.2. The number of aliphatic hydroxyl groups is 1. The molecule has 0 amide bonds. The average molecular weight is 230 g/mol. The summed E-state index contributed by atoms with van der Waals surface area (Å²) in [4.78, 5) is 0. The van der Waals surface area contributed by atoms with Crippen molar-refractivity contribution in [2.45, 2.75) is 19.4 Å². The lowest BCUT2D eigenvalue weighted by molar-refractivity contribution is 0.233. The van der Waals surface area contributed by atoms with E-state index in [1.54, 1.807) is 12.1 Å². The zero-order valence-electron chi connectivity index (χ0n) is 8.74. The second kappa shape index (κ2) is 5.95. The van der Waals surface area contributed by atoms with Crippen molar-refractivity contribution in [3.63, 3.8) is 0 Å². The summed E-state index contributed by atoms with van der Waals surface area (Å²) < 4.78 is 5.46. The van der Waals surface area contributed by atoms with E-state index in [9.17, 15) is 0 Å².